The van der Waals surface area contributed by atoms with Crippen LogP contribution >= 0.6 is 0 Å². The van der Waals surface area contributed by atoms with E-state index >= 15 is 0 Å². The summed E-state index contributed by atoms with van der Waals surface area (Å²) in [5.74, 6) is 0.582. The van der Waals surface area contributed by atoms with Gasteiger partial charge in [0.2, 0.25) is 5.91 Å². The number of piperidine rings is 1. The number of hydrogen-bond donors (Lipinski definition) is 1. The Morgan fingerprint density at radius 3 is 3.00 bits per heavy atom. The third kappa shape index (κ3) is 2.64. The maximum Gasteiger partial charge on any atom is 0.226 e. The number of aromatic amines is 1. The molecule has 1 amide bonds. The third-order valence-electron chi connectivity index (χ3n) is 6.07. The van der Waals surface area contributed by atoms with E-state index in [1.165, 1.54) is 47.0 Å². The summed E-state index contributed by atoms with van der Waals surface area (Å²) in [4.78, 5) is 19.0. The number of fused-ring (bicyclic) bond motifs is 3. The third-order valence-corrected chi connectivity index (χ3v) is 6.07. The van der Waals surface area contributed by atoms with Crippen LogP contribution in [0.15, 0.2) is 18.2 Å². The summed E-state index contributed by atoms with van der Waals surface area (Å²) < 4.78 is 0. The van der Waals surface area contributed by atoms with Gasteiger partial charge in [-0.25, -0.2) is 0 Å². The monoisotopic (exact) mass is 324 g/mol. The summed E-state index contributed by atoms with van der Waals surface area (Å²) in [5, 5.41) is 1.33. The Labute approximate surface area is 144 Å². The molecule has 2 unspecified atom stereocenters. The van der Waals surface area contributed by atoms with Gasteiger partial charge in [-0.3, -0.25) is 4.79 Å². The Hall–Kier alpha value is -1.77. The minimum atomic E-state index is 0.171. The van der Waals surface area contributed by atoms with Crippen molar-refractivity contribution in [1.82, 2.24) is 9.88 Å². The van der Waals surface area contributed by atoms with Crippen molar-refractivity contribution in [2.75, 3.05) is 6.54 Å². The molecule has 0 bridgehead atoms. The Bertz CT molecular complexity index is 761. The molecule has 2 atom stereocenters. The molecule has 1 fully saturated rings. The first kappa shape index (κ1) is 15.7. The lowest BCUT2D eigenvalue weighted by Gasteiger charge is -2.38. The highest BCUT2D eigenvalue weighted by Gasteiger charge is 2.33. The highest BCUT2D eigenvalue weighted by molar-refractivity contribution is 5.87. The molecule has 1 aliphatic carbocycles. The van der Waals surface area contributed by atoms with E-state index in [9.17, 15) is 4.79 Å². The van der Waals surface area contributed by atoms with Crippen molar-refractivity contribution in [2.24, 2.45) is 5.92 Å². The minimum absolute atomic E-state index is 0.171. The van der Waals surface area contributed by atoms with Gasteiger partial charge in [-0.2, -0.15) is 0 Å². The topological polar surface area (TPSA) is 36.1 Å². The number of carbonyl (C=O) groups is 1. The van der Waals surface area contributed by atoms with Gasteiger partial charge in [0.15, 0.2) is 0 Å². The second kappa shape index (κ2) is 6.27. The van der Waals surface area contributed by atoms with Crippen LogP contribution in [0.4, 0.5) is 0 Å². The normalized spacial score (nSPS) is 24.2. The molecule has 0 saturated carbocycles. The smallest absolute Gasteiger partial charge is 0.226 e. The maximum atomic E-state index is 13.2. The van der Waals surface area contributed by atoms with Gasteiger partial charge in [0.05, 0.1) is 0 Å². The summed E-state index contributed by atoms with van der Waals surface area (Å²) in [6, 6.07) is 7.08. The lowest BCUT2D eigenvalue weighted by molar-refractivity contribution is -0.139. The van der Waals surface area contributed by atoms with Crippen LogP contribution in [0, 0.1) is 12.8 Å². The van der Waals surface area contributed by atoms with Crippen LogP contribution in [-0.2, 0) is 17.6 Å². The summed E-state index contributed by atoms with van der Waals surface area (Å²) in [5.41, 5.74) is 5.26. The van der Waals surface area contributed by atoms with Crippen LogP contribution in [0.1, 0.15) is 55.8 Å². The molecule has 1 aromatic carbocycles. The van der Waals surface area contributed by atoms with E-state index in [1.54, 1.807) is 0 Å². The fourth-order valence-corrected chi connectivity index (χ4v) is 4.69. The quantitative estimate of drug-likeness (QED) is 0.875. The molecule has 2 aromatic rings. The lowest BCUT2D eigenvalue weighted by Crippen LogP contribution is -2.47. The predicted molar refractivity (Wildman–Crippen MR) is 98.2 cm³/mol. The molecule has 1 saturated heterocycles. The van der Waals surface area contributed by atoms with Crippen LogP contribution in [0.5, 0.6) is 0 Å². The van der Waals surface area contributed by atoms with E-state index in [1.807, 2.05) is 0 Å². The van der Waals surface area contributed by atoms with Gasteiger partial charge < -0.3 is 9.88 Å². The van der Waals surface area contributed by atoms with Crippen molar-refractivity contribution in [3.05, 3.63) is 35.0 Å². The average Bonchev–Trinajstić information content (AvgIpc) is 2.98. The van der Waals surface area contributed by atoms with E-state index in [-0.39, 0.29) is 5.92 Å². The van der Waals surface area contributed by atoms with Crippen LogP contribution in [0.3, 0.4) is 0 Å². The molecule has 4 rings (SSSR count). The Balaban J connectivity index is 1.60. The van der Waals surface area contributed by atoms with Crippen LogP contribution in [0.25, 0.3) is 10.9 Å². The standard InChI is InChI=1S/C21H28N2O/c1-3-16-6-4-5-11-23(16)21(24)15-8-10-20-18(13-15)17-12-14(2)7-9-19(17)22-20/h7,9,12,15-16,22H,3-6,8,10-11,13H2,1-2H3. The van der Waals surface area contributed by atoms with Crippen molar-refractivity contribution in [3.63, 3.8) is 0 Å². The number of H-pyrrole nitrogens is 1. The first-order valence-electron chi connectivity index (χ1n) is 9.58. The van der Waals surface area contributed by atoms with E-state index in [0.29, 0.717) is 11.9 Å². The number of carbonyl (C=O) groups excluding carboxylic acids is 1. The number of hydrogen-bond acceptors (Lipinski definition) is 1. The minimum Gasteiger partial charge on any atom is -0.358 e. The molecule has 3 heteroatoms. The molecule has 2 heterocycles. The fraction of sp³-hybridized carbons (Fsp3) is 0.571. The van der Waals surface area contributed by atoms with E-state index in [4.69, 9.17) is 0 Å². The summed E-state index contributed by atoms with van der Waals surface area (Å²) >= 11 is 0. The number of aromatic nitrogens is 1. The van der Waals surface area contributed by atoms with Crippen molar-refractivity contribution in [3.8, 4) is 0 Å². The molecular weight excluding hydrogens is 296 g/mol. The van der Waals surface area contributed by atoms with Gasteiger partial charge in [-0.05, 0) is 69.6 Å². The zero-order chi connectivity index (χ0) is 16.7. The van der Waals surface area contributed by atoms with Gasteiger partial charge in [-0.1, -0.05) is 18.6 Å². The second-order valence-electron chi connectivity index (χ2n) is 7.66. The zero-order valence-electron chi connectivity index (χ0n) is 14.9. The first-order valence-corrected chi connectivity index (χ1v) is 9.58. The van der Waals surface area contributed by atoms with E-state index in [0.717, 1.165) is 32.2 Å². The van der Waals surface area contributed by atoms with Crippen LogP contribution < -0.4 is 0 Å². The molecule has 3 nitrogen and oxygen atoms in total. The number of amides is 1. The average molecular weight is 324 g/mol. The number of aryl methyl sites for hydroxylation is 2. The second-order valence-corrected chi connectivity index (χ2v) is 7.66. The highest BCUT2D eigenvalue weighted by Crippen LogP contribution is 2.34. The molecule has 2 aliphatic rings. The maximum absolute atomic E-state index is 13.2. The number of benzene rings is 1. The Morgan fingerprint density at radius 2 is 2.17 bits per heavy atom. The molecule has 1 aromatic heterocycles. The van der Waals surface area contributed by atoms with Gasteiger partial charge in [0, 0.05) is 35.1 Å². The SMILES string of the molecule is CCC1CCCCN1C(=O)C1CCc2[nH]c3ccc(C)cc3c2C1. The molecule has 1 aliphatic heterocycles. The fourth-order valence-electron chi connectivity index (χ4n) is 4.69. The van der Waals surface area contributed by atoms with Crippen molar-refractivity contribution >= 4 is 16.8 Å². The largest absolute Gasteiger partial charge is 0.358 e. The highest BCUT2D eigenvalue weighted by atomic mass is 16.2. The predicted octanol–water partition coefficient (Wildman–Crippen LogP) is 4.37. The van der Waals surface area contributed by atoms with Crippen molar-refractivity contribution in [1.29, 1.82) is 0 Å². The van der Waals surface area contributed by atoms with Gasteiger partial charge >= 0.3 is 0 Å². The van der Waals surface area contributed by atoms with Crippen LogP contribution in [0.2, 0.25) is 0 Å². The molecular formula is C21H28N2O. The number of nitrogens with zero attached hydrogens (tertiary/aromatic N) is 1. The van der Waals surface area contributed by atoms with Crippen molar-refractivity contribution in [2.45, 2.75) is 64.8 Å². The zero-order valence-corrected chi connectivity index (χ0v) is 14.9. The van der Waals surface area contributed by atoms with Gasteiger partial charge in [-0.15, -0.1) is 0 Å². The molecule has 0 radical (unpaired) electrons. The van der Waals surface area contributed by atoms with E-state index in [2.05, 4.69) is 41.9 Å². The molecule has 1 N–H and O–H groups in total. The molecule has 128 valence electrons. The Morgan fingerprint density at radius 1 is 1.29 bits per heavy atom. The van der Waals surface area contributed by atoms with Crippen LogP contribution in [-0.4, -0.2) is 28.4 Å². The lowest BCUT2D eigenvalue weighted by atomic mass is 9.84. The summed E-state index contributed by atoms with van der Waals surface area (Å²) in [7, 11) is 0. The van der Waals surface area contributed by atoms with E-state index < -0.39 is 0 Å². The first-order chi connectivity index (χ1) is 11.7. The Kier molecular flexibility index (Phi) is 4.11. The molecule has 24 heavy (non-hydrogen) atoms. The summed E-state index contributed by atoms with van der Waals surface area (Å²) in [6.07, 6.45) is 7.63. The summed E-state index contributed by atoms with van der Waals surface area (Å²) in [6.45, 7) is 5.33. The van der Waals surface area contributed by atoms with Gasteiger partial charge in [0.25, 0.3) is 0 Å². The number of rotatable bonds is 2. The van der Waals surface area contributed by atoms with Crippen molar-refractivity contribution < 1.29 is 4.79 Å². The van der Waals surface area contributed by atoms with Gasteiger partial charge in [0.1, 0.15) is 0 Å². The number of nitrogens with one attached hydrogen (secondary N) is 1. The number of likely N-dealkylation sites (tertiary alicyclic amines) is 1. The molecule has 0 spiro atoms.